The van der Waals surface area contributed by atoms with E-state index < -0.39 is 11.9 Å². The van der Waals surface area contributed by atoms with Crippen LogP contribution in [0.1, 0.15) is 19.3 Å². The minimum Gasteiger partial charge on any atom is -0.481 e. The van der Waals surface area contributed by atoms with Crippen LogP contribution < -0.4 is 4.90 Å². The average molecular weight is 363 g/mol. The second-order valence-electron chi connectivity index (χ2n) is 7.52. The second kappa shape index (κ2) is 6.52. The number of nitrogens with zero attached hydrogens (tertiary/aromatic N) is 2. The van der Waals surface area contributed by atoms with Crippen molar-refractivity contribution in [3.63, 3.8) is 0 Å². The zero-order valence-corrected chi connectivity index (χ0v) is 14.9. The molecular weight excluding hydrogens is 340 g/mol. The minimum atomic E-state index is -0.789. The van der Waals surface area contributed by atoms with Crippen molar-refractivity contribution < 1.29 is 14.7 Å². The first kappa shape index (κ1) is 16.7. The summed E-state index contributed by atoms with van der Waals surface area (Å²) in [5.41, 5.74) is 1.07. The highest BCUT2D eigenvalue weighted by Gasteiger charge is 2.54. The number of halogens is 1. The van der Waals surface area contributed by atoms with Crippen molar-refractivity contribution in [2.45, 2.75) is 19.3 Å². The summed E-state index contributed by atoms with van der Waals surface area (Å²) in [7, 11) is 0. The van der Waals surface area contributed by atoms with E-state index in [-0.39, 0.29) is 23.7 Å². The number of fused-ring (bicyclic) bond motifs is 2. The van der Waals surface area contributed by atoms with Gasteiger partial charge in [-0.2, -0.15) is 0 Å². The largest absolute Gasteiger partial charge is 0.481 e. The fourth-order valence-corrected chi connectivity index (χ4v) is 5.26. The van der Waals surface area contributed by atoms with Gasteiger partial charge in [0.25, 0.3) is 0 Å². The van der Waals surface area contributed by atoms with Crippen LogP contribution in [0.25, 0.3) is 0 Å². The van der Waals surface area contributed by atoms with Gasteiger partial charge in [-0.1, -0.05) is 17.7 Å². The molecule has 2 bridgehead atoms. The van der Waals surface area contributed by atoms with Gasteiger partial charge in [-0.15, -0.1) is 0 Å². The predicted molar refractivity (Wildman–Crippen MR) is 95.7 cm³/mol. The van der Waals surface area contributed by atoms with Crippen molar-refractivity contribution in [1.82, 2.24) is 4.90 Å². The van der Waals surface area contributed by atoms with Crippen LogP contribution >= 0.6 is 11.6 Å². The molecule has 4 atom stereocenters. The molecule has 0 spiro atoms. The quantitative estimate of drug-likeness (QED) is 0.898. The lowest BCUT2D eigenvalue weighted by molar-refractivity contribution is -0.153. The molecule has 1 amide bonds. The van der Waals surface area contributed by atoms with Gasteiger partial charge in [0.1, 0.15) is 0 Å². The predicted octanol–water partition coefficient (Wildman–Crippen LogP) is 2.74. The van der Waals surface area contributed by atoms with E-state index in [9.17, 15) is 14.7 Å². The number of carbonyl (C=O) groups excluding carboxylic acids is 1. The maximum Gasteiger partial charge on any atom is 0.307 e. The van der Waals surface area contributed by atoms with Gasteiger partial charge in [0.2, 0.25) is 5.91 Å². The molecule has 1 aromatic carbocycles. The van der Waals surface area contributed by atoms with Gasteiger partial charge in [-0.25, -0.2) is 0 Å². The van der Waals surface area contributed by atoms with Gasteiger partial charge in [-0.3, -0.25) is 9.59 Å². The third-order valence-electron chi connectivity index (χ3n) is 6.25. The van der Waals surface area contributed by atoms with Crippen LogP contribution in [0.3, 0.4) is 0 Å². The molecule has 1 heterocycles. The van der Waals surface area contributed by atoms with E-state index in [1.54, 1.807) is 0 Å². The number of hydrogen-bond acceptors (Lipinski definition) is 3. The highest BCUT2D eigenvalue weighted by Crippen LogP contribution is 2.53. The first-order chi connectivity index (χ1) is 12.0. The maximum atomic E-state index is 13.0. The number of carboxylic acids is 1. The molecule has 0 unspecified atom stereocenters. The molecule has 1 aromatic rings. The number of anilines is 1. The molecule has 3 fully saturated rings. The Morgan fingerprint density at radius 1 is 1.04 bits per heavy atom. The Hall–Kier alpha value is -1.75. The van der Waals surface area contributed by atoms with Gasteiger partial charge in [0.05, 0.1) is 11.8 Å². The van der Waals surface area contributed by atoms with E-state index >= 15 is 0 Å². The third kappa shape index (κ3) is 2.99. The molecule has 4 rings (SSSR count). The van der Waals surface area contributed by atoms with Crippen LogP contribution in [0.2, 0.25) is 5.02 Å². The summed E-state index contributed by atoms with van der Waals surface area (Å²) in [5.74, 6) is -1.05. The van der Waals surface area contributed by atoms with E-state index in [4.69, 9.17) is 11.6 Å². The van der Waals surface area contributed by atoms with Gasteiger partial charge in [-0.05, 0) is 49.3 Å². The molecule has 25 heavy (non-hydrogen) atoms. The van der Waals surface area contributed by atoms with Crippen molar-refractivity contribution in [1.29, 1.82) is 0 Å². The SMILES string of the molecule is O=C(O)[C@H]1[C@H]2CC[C@H](C2)[C@@H]1C(=O)N1CCN(c2cccc(Cl)c2)CC1. The highest BCUT2D eigenvalue weighted by atomic mass is 35.5. The number of rotatable bonds is 3. The Labute approximate surface area is 152 Å². The molecule has 2 saturated carbocycles. The smallest absolute Gasteiger partial charge is 0.307 e. The van der Waals surface area contributed by atoms with Crippen molar-refractivity contribution in [2.75, 3.05) is 31.1 Å². The van der Waals surface area contributed by atoms with Crippen molar-refractivity contribution in [3.8, 4) is 0 Å². The molecule has 3 aliphatic rings. The highest BCUT2D eigenvalue weighted by molar-refractivity contribution is 6.30. The molecule has 1 aliphatic heterocycles. The first-order valence-electron chi connectivity index (χ1n) is 9.06. The number of piperazine rings is 1. The molecule has 0 radical (unpaired) electrons. The molecule has 0 aromatic heterocycles. The Balaban J connectivity index is 1.42. The summed E-state index contributed by atoms with van der Waals surface area (Å²) in [4.78, 5) is 28.8. The lowest BCUT2D eigenvalue weighted by Crippen LogP contribution is -2.52. The number of aliphatic carboxylic acids is 1. The molecule has 5 nitrogen and oxygen atoms in total. The molecule has 6 heteroatoms. The van der Waals surface area contributed by atoms with Crippen LogP contribution in [0.5, 0.6) is 0 Å². The molecule has 1 N–H and O–H groups in total. The van der Waals surface area contributed by atoms with E-state index in [0.717, 1.165) is 38.0 Å². The van der Waals surface area contributed by atoms with E-state index in [1.807, 2.05) is 29.2 Å². The van der Waals surface area contributed by atoms with Crippen LogP contribution in [0.15, 0.2) is 24.3 Å². The van der Waals surface area contributed by atoms with Crippen LogP contribution in [-0.4, -0.2) is 48.1 Å². The standard InChI is InChI=1S/C19H23ClN2O3/c20-14-2-1-3-15(11-14)21-6-8-22(9-7-21)18(23)16-12-4-5-13(10-12)17(16)19(24)25/h1-3,11-13,16-17H,4-10H2,(H,24,25)/t12-,13+,16+,17+/m1/s1. The number of benzene rings is 1. The number of amides is 1. The normalized spacial score (nSPS) is 31.4. The molecule has 1 saturated heterocycles. The summed E-state index contributed by atoms with van der Waals surface area (Å²) in [6, 6.07) is 7.75. The number of hydrogen-bond donors (Lipinski definition) is 1. The van der Waals surface area contributed by atoms with E-state index in [1.165, 1.54) is 0 Å². The minimum absolute atomic E-state index is 0.0605. The maximum absolute atomic E-state index is 13.0. The Kier molecular flexibility index (Phi) is 4.36. The monoisotopic (exact) mass is 362 g/mol. The zero-order valence-electron chi connectivity index (χ0n) is 14.1. The lowest BCUT2D eigenvalue weighted by Gasteiger charge is -2.39. The topological polar surface area (TPSA) is 60.9 Å². The lowest BCUT2D eigenvalue weighted by atomic mass is 9.78. The molecule has 134 valence electrons. The van der Waals surface area contributed by atoms with Crippen LogP contribution in [-0.2, 0) is 9.59 Å². The third-order valence-corrected chi connectivity index (χ3v) is 6.49. The first-order valence-corrected chi connectivity index (χ1v) is 9.44. The van der Waals surface area contributed by atoms with Crippen molar-refractivity contribution >= 4 is 29.2 Å². The Morgan fingerprint density at radius 3 is 2.36 bits per heavy atom. The summed E-state index contributed by atoms with van der Waals surface area (Å²) < 4.78 is 0. The van der Waals surface area contributed by atoms with Gasteiger partial charge in [0.15, 0.2) is 0 Å². The van der Waals surface area contributed by atoms with Crippen molar-refractivity contribution in [3.05, 3.63) is 29.3 Å². The summed E-state index contributed by atoms with van der Waals surface area (Å²) >= 11 is 6.06. The van der Waals surface area contributed by atoms with E-state index in [0.29, 0.717) is 18.1 Å². The van der Waals surface area contributed by atoms with Crippen LogP contribution in [0, 0.1) is 23.7 Å². The zero-order chi connectivity index (χ0) is 17.6. The number of carbonyl (C=O) groups is 2. The van der Waals surface area contributed by atoms with Crippen LogP contribution in [0.4, 0.5) is 5.69 Å². The van der Waals surface area contributed by atoms with Gasteiger partial charge in [0, 0.05) is 36.9 Å². The molecule has 2 aliphatic carbocycles. The van der Waals surface area contributed by atoms with E-state index in [2.05, 4.69) is 4.90 Å². The summed E-state index contributed by atoms with van der Waals surface area (Å²) in [5, 5.41) is 10.3. The van der Waals surface area contributed by atoms with Gasteiger partial charge >= 0.3 is 5.97 Å². The summed E-state index contributed by atoms with van der Waals surface area (Å²) in [6.45, 7) is 2.80. The fourth-order valence-electron chi connectivity index (χ4n) is 5.07. The van der Waals surface area contributed by atoms with Crippen molar-refractivity contribution in [2.24, 2.45) is 23.7 Å². The van der Waals surface area contributed by atoms with Gasteiger partial charge < -0.3 is 14.9 Å². The Bertz CT molecular complexity index is 687. The number of carboxylic acid groups (broad SMARTS) is 1. The summed E-state index contributed by atoms with van der Waals surface area (Å²) in [6.07, 6.45) is 2.89. The second-order valence-corrected chi connectivity index (χ2v) is 7.95. The fraction of sp³-hybridized carbons (Fsp3) is 0.579. The average Bonchev–Trinajstić information content (AvgIpc) is 3.22. The molecular formula is C19H23ClN2O3. The Morgan fingerprint density at radius 2 is 1.72 bits per heavy atom.